The zero-order valence-corrected chi connectivity index (χ0v) is 8.45. The molecule has 1 aromatic rings. The second-order valence-corrected chi connectivity index (χ2v) is 3.73. The van der Waals surface area contributed by atoms with Gasteiger partial charge in [0.15, 0.2) is 0 Å². The number of carboxylic acid groups (broad SMARTS) is 1. The summed E-state index contributed by atoms with van der Waals surface area (Å²) in [6.45, 7) is 7.04. The predicted molar refractivity (Wildman–Crippen MR) is 54.0 cm³/mol. The van der Waals surface area contributed by atoms with Crippen molar-refractivity contribution in [3.05, 3.63) is 36.5 Å². The van der Waals surface area contributed by atoms with Gasteiger partial charge in [0.25, 0.3) is 0 Å². The maximum absolute atomic E-state index is 11.0. The van der Waals surface area contributed by atoms with Gasteiger partial charge in [0.05, 0.1) is 5.69 Å². The van der Waals surface area contributed by atoms with E-state index in [9.17, 15) is 4.79 Å². The molecule has 0 fully saturated rings. The zero-order chi connectivity index (χ0) is 10.8. The third kappa shape index (κ3) is 1.92. The smallest absolute Gasteiger partial charge is 0.315 e. The molecule has 0 bridgehead atoms. The third-order valence-corrected chi connectivity index (χ3v) is 2.29. The molecule has 0 aliphatic heterocycles. The quantitative estimate of drug-likeness (QED) is 0.794. The lowest BCUT2D eigenvalue weighted by Gasteiger charge is -2.18. The lowest BCUT2D eigenvalue weighted by Crippen LogP contribution is -2.29. The van der Waals surface area contributed by atoms with Gasteiger partial charge in [0.1, 0.15) is 5.41 Å². The fraction of sp³-hybridized carbons (Fsp3) is 0.364. The van der Waals surface area contributed by atoms with E-state index in [1.807, 2.05) is 6.07 Å². The minimum Gasteiger partial charge on any atom is -0.481 e. The highest BCUT2D eigenvalue weighted by molar-refractivity contribution is 5.79. The van der Waals surface area contributed by atoms with Crippen LogP contribution in [0, 0.1) is 6.92 Å². The van der Waals surface area contributed by atoms with E-state index in [4.69, 9.17) is 5.11 Å². The van der Waals surface area contributed by atoms with Crippen LogP contribution in [0.2, 0.25) is 0 Å². The van der Waals surface area contributed by atoms with Crippen LogP contribution in [0.4, 0.5) is 0 Å². The van der Waals surface area contributed by atoms with Crippen LogP contribution in [0.1, 0.15) is 25.1 Å². The first kappa shape index (κ1) is 10.7. The van der Waals surface area contributed by atoms with Crippen LogP contribution in [0.5, 0.6) is 0 Å². The van der Waals surface area contributed by atoms with E-state index in [0.29, 0.717) is 12.1 Å². The summed E-state index contributed by atoms with van der Waals surface area (Å²) in [5, 5.41) is 9.00. The van der Waals surface area contributed by atoms with Crippen molar-refractivity contribution in [2.75, 3.05) is 0 Å². The van der Waals surface area contributed by atoms with Crippen molar-refractivity contribution in [2.45, 2.75) is 25.7 Å². The molecule has 1 N–H and O–H groups in total. The van der Waals surface area contributed by atoms with E-state index in [2.05, 4.69) is 11.9 Å². The number of nitrogens with zero attached hydrogens (tertiary/aromatic N) is 1. The van der Waals surface area contributed by atoms with Crippen molar-refractivity contribution in [2.24, 2.45) is 0 Å². The topological polar surface area (TPSA) is 50.2 Å². The highest BCUT2D eigenvalue weighted by Crippen LogP contribution is 2.21. The van der Waals surface area contributed by atoms with Crippen LogP contribution in [0.15, 0.2) is 18.3 Å². The molecule has 0 saturated carbocycles. The van der Waals surface area contributed by atoms with Crippen molar-refractivity contribution in [3.8, 4) is 0 Å². The van der Waals surface area contributed by atoms with Crippen LogP contribution in [-0.2, 0) is 16.6 Å². The average Bonchev–Trinajstić information content (AvgIpc) is 2.17. The Morgan fingerprint density at radius 3 is 2.79 bits per heavy atom. The molecule has 0 spiro atoms. The van der Waals surface area contributed by atoms with Gasteiger partial charge < -0.3 is 5.11 Å². The van der Waals surface area contributed by atoms with Crippen LogP contribution in [0.3, 0.4) is 0 Å². The summed E-state index contributed by atoms with van der Waals surface area (Å²) in [6, 6.07) is 3.63. The summed E-state index contributed by atoms with van der Waals surface area (Å²) in [4.78, 5) is 15.0. The highest BCUT2D eigenvalue weighted by Gasteiger charge is 2.30. The molecular weight excluding hydrogens is 178 g/mol. The number of carboxylic acids is 1. The van der Waals surface area contributed by atoms with E-state index in [1.54, 1.807) is 26.1 Å². The first-order valence-corrected chi connectivity index (χ1v) is 4.46. The highest BCUT2D eigenvalue weighted by atomic mass is 16.4. The Morgan fingerprint density at radius 1 is 1.64 bits per heavy atom. The molecule has 75 valence electrons. The number of aromatic nitrogens is 1. The minimum absolute atomic E-state index is 0.575. The van der Waals surface area contributed by atoms with Gasteiger partial charge in [0, 0.05) is 6.20 Å². The number of aliphatic carboxylic acids is 1. The van der Waals surface area contributed by atoms with Crippen LogP contribution in [-0.4, -0.2) is 16.1 Å². The Morgan fingerprint density at radius 2 is 2.29 bits per heavy atom. The third-order valence-electron chi connectivity index (χ3n) is 2.29. The fourth-order valence-electron chi connectivity index (χ4n) is 1.08. The summed E-state index contributed by atoms with van der Waals surface area (Å²) in [6.07, 6.45) is 2.27. The van der Waals surface area contributed by atoms with Crippen molar-refractivity contribution in [3.63, 3.8) is 0 Å². The maximum atomic E-state index is 11.0. The van der Waals surface area contributed by atoms with Crippen LogP contribution < -0.4 is 0 Å². The second-order valence-electron chi connectivity index (χ2n) is 3.73. The summed E-state index contributed by atoms with van der Waals surface area (Å²) in [5.41, 5.74) is 0.640. The first-order valence-electron chi connectivity index (χ1n) is 4.46. The largest absolute Gasteiger partial charge is 0.481 e. The molecule has 0 amide bonds. The molecule has 14 heavy (non-hydrogen) atoms. The average molecular weight is 192 g/mol. The molecule has 0 saturated heterocycles. The Kier molecular flexibility index (Phi) is 2.89. The van der Waals surface area contributed by atoms with Crippen molar-refractivity contribution in [1.29, 1.82) is 0 Å². The molecule has 3 nitrogen and oxygen atoms in total. The zero-order valence-electron chi connectivity index (χ0n) is 8.45. The van der Waals surface area contributed by atoms with Gasteiger partial charge in [0.2, 0.25) is 0 Å². The van der Waals surface area contributed by atoms with E-state index < -0.39 is 11.4 Å². The van der Waals surface area contributed by atoms with Gasteiger partial charge in [-0.1, -0.05) is 0 Å². The Labute approximate surface area is 83.8 Å². The van der Waals surface area contributed by atoms with Crippen molar-refractivity contribution in [1.82, 2.24) is 4.98 Å². The van der Waals surface area contributed by atoms with E-state index in [0.717, 1.165) is 5.56 Å². The van der Waals surface area contributed by atoms with Gasteiger partial charge in [-0.15, -0.1) is 0 Å². The molecular formula is C11H14NO2. The number of hydrogen-bond acceptors (Lipinski definition) is 2. The van der Waals surface area contributed by atoms with Crippen molar-refractivity contribution < 1.29 is 9.90 Å². The standard InChI is InChI=1S/C11H14NO2/c1-4-8-5-6-12-9(7-8)11(2,3)10(13)14/h5-7H,1,4H2,2-3H3,(H,13,14). The maximum Gasteiger partial charge on any atom is 0.315 e. The van der Waals surface area contributed by atoms with Gasteiger partial charge in [-0.25, -0.2) is 0 Å². The molecule has 0 unspecified atom stereocenters. The van der Waals surface area contributed by atoms with Gasteiger partial charge in [-0.2, -0.15) is 0 Å². The summed E-state index contributed by atoms with van der Waals surface area (Å²) < 4.78 is 0. The van der Waals surface area contributed by atoms with Crippen molar-refractivity contribution >= 4 is 5.97 Å². The lowest BCUT2D eigenvalue weighted by atomic mass is 9.88. The van der Waals surface area contributed by atoms with E-state index in [-0.39, 0.29) is 0 Å². The molecule has 1 rings (SSSR count). The molecule has 0 aliphatic rings. The number of hydrogen-bond donors (Lipinski definition) is 1. The SMILES string of the molecule is [CH2]Cc1ccnc(C(C)(C)C(=O)O)c1. The monoisotopic (exact) mass is 192 g/mol. The second kappa shape index (κ2) is 3.78. The van der Waals surface area contributed by atoms with Crippen LogP contribution in [0.25, 0.3) is 0 Å². The summed E-state index contributed by atoms with van der Waals surface area (Å²) >= 11 is 0. The summed E-state index contributed by atoms with van der Waals surface area (Å²) in [5.74, 6) is -0.869. The number of carbonyl (C=O) groups is 1. The molecule has 1 radical (unpaired) electrons. The Balaban J connectivity index is 3.12. The van der Waals surface area contributed by atoms with Gasteiger partial charge in [-0.3, -0.25) is 9.78 Å². The fourth-order valence-corrected chi connectivity index (χ4v) is 1.08. The Hall–Kier alpha value is -1.38. The molecule has 0 aromatic carbocycles. The lowest BCUT2D eigenvalue weighted by molar-refractivity contribution is -0.142. The minimum atomic E-state index is -0.939. The first-order chi connectivity index (χ1) is 6.48. The Bertz CT molecular complexity index is 345. The normalized spacial score (nSPS) is 11.4. The molecule has 0 atom stereocenters. The van der Waals surface area contributed by atoms with E-state index >= 15 is 0 Å². The molecule has 0 aliphatic carbocycles. The number of rotatable bonds is 3. The molecule has 1 aromatic heterocycles. The van der Waals surface area contributed by atoms with E-state index in [1.165, 1.54) is 0 Å². The molecule has 3 heteroatoms. The predicted octanol–water partition coefficient (Wildman–Crippen LogP) is 1.82. The molecule has 1 heterocycles. The van der Waals surface area contributed by atoms with Gasteiger partial charge >= 0.3 is 5.97 Å². The van der Waals surface area contributed by atoms with Crippen LogP contribution >= 0.6 is 0 Å². The summed E-state index contributed by atoms with van der Waals surface area (Å²) in [7, 11) is 0. The number of pyridine rings is 1. The van der Waals surface area contributed by atoms with Gasteiger partial charge in [-0.05, 0) is 44.9 Å².